The molecule has 21 heavy (non-hydrogen) atoms. The Kier molecular flexibility index (Phi) is 5.84. The molecular weight excluding hydrogens is 276 g/mol. The van der Waals surface area contributed by atoms with Crippen molar-refractivity contribution < 1.29 is 0 Å². The number of aromatic nitrogens is 1. The molecule has 1 N–H and O–H groups in total. The van der Waals surface area contributed by atoms with E-state index >= 15 is 0 Å². The summed E-state index contributed by atoms with van der Waals surface area (Å²) in [5, 5.41) is 4.89. The number of hydrogen-bond acceptors (Lipinski definition) is 3. The summed E-state index contributed by atoms with van der Waals surface area (Å²) in [7, 11) is 0. The topological polar surface area (TPSA) is 24.9 Å². The van der Waals surface area contributed by atoms with Gasteiger partial charge < -0.3 is 5.32 Å². The van der Waals surface area contributed by atoms with Crippen molar-refractivity contribution in [1.29, 1.82) is 0 Å². The van der Waals surface area contributed by atoms with Gasteiger partial charge in [-0.1, -0.05) is 53.9 Å². The minimum absolute atomic E-state index is 0.151. The van der Waals surface area contributed by atoms with E-state index in [1.807, 2.05) is 11.3 Å². The van der Waals surface area contributed by atoms with Gasteiger partial charge in [0.05, 0.1) is 10.7 Å². The Morgan fingerprint density at radius 1 is 1.24 bits per heavy atom. The van der Waals surface area contributed by atoms with E-state index < -0.39 is 0 Å². The van der Waals surface area contributed by atoms with Crippen molar-refractivity contribution in [2.24, 2.45) is 5.92 Å². The van der Waals surface area contributed by atoms with Crippen LogP contribution in [0.5, 0.6) is 0 Å². The maximum atomic E-state index is 5.11. The summed E-state index contributed by atoms with van der Waals surface area (Å²) in [6.45, 7) is 13.4. The highest BCUT2D eigenvalue weighted by Gasteiger charge is 2.28. The molecule has 2 nitrogen and oxygen atoms in total. The van der Waals surface area contributed by atoms with E-state index in [2.05, 4.69) is 39.9 Å². The number of hydrogen-bond donors (Lipinski definition) is 1. The fourth-order valence-corrected chi connectivity index (χ4v) is 4.77. The van der Waals surface area contributed by atoms with Gasteiger partial charge in [0.2, 0.25) is 0 Å². The molecule has 1 aliphatic rings. The van der Waals surface area contributed by atoms with Crippen molar-refractivity contribution in [3.05, 3.63) is 15.6 Å². The number of nitrogens with one attached hydrogen (secondary N) is 1. The van der Waals surface area contributed by atoms with Crippen LogP contribution in [0.25, 0.3) is 0 Å². The normalized spacial score (nSPS) is 23.5. The van der Waals surface area contributed by atoms with Gasteiger partial charge >= 0.3 is 0 Å². The number of thiazole rings is 1. The first-order valence-corrected chi connectivity index (χ1v) is 9.48. The minimum Gasteiger partial charge on any atom is -0.312 e. The maximum Gasteiger partial charge on any atom is 0.0962 e. The van der Waals surface area contributed by atoms with Crippen molar-refractivity contribution in [3.63, 3.8) is 0 Å². The second kappa shape index (κ2) is 7.23. The van der Waals surface area contributed by atoms with Crippen LogP contribution in [-0.4, -0.2) is 11.5 Å². The van der Waals surface area contributed by atoms with Gasteiger partial charge in [0.25, 0.3) is 0 Å². The molecule has 0 bridgehead atoms. The highest BCUT2D eigenvalue weighted by Crippen LogP contribution is 2.41. The van der Waals surface area contributed by atoms with Crippen molar-refractivity contribution in [2.45, 2.75) is 84.6 Å². The van der Waals surface area contributed by atoms with Crippen LogP contribution in [-0.2, 0) is 12.0 Å². The van der Waals surface area contributed by atoms with E-state index in [0.29, 0.717) is 5.92 Å². The van der Waals surface area contributed by atoms with E-state index in [-0.39, 0.29) is 5.41 Å². The van der Waals surface area contributed by atoms with Gasteiger partial charge in [0, 0.05) is 22.8 Å². The zero-order valence-corrected chi connectivity index (χ0v) is 15.3. The highest BCUT2D eigenvalue weighted by atomic mass is 32.1. The van der Waals surface area contributed by atoms with E-state index in [0.717, 1.165) is 19.0 Å². The molecule has 0 amide bonds. The Labute approximate surface area is 134 Å². The highest BCUT2D eigenvalue weighted by molar-refractivity contribution is 7.11. The molecule has 1 aromatic heterocycles. The SMILES string of the molecule is CCNCc1sc(C2CCCC(CC)C2)nc1C(C)(C)C. The molecule has 1 heterocycles. The molecule has 3 heteroatoms. The van der Waals surface area contributed by atoms with Crippen molar-refractivity contribution in [2.75, 3.05) is 6.54 Å². The smallest absolute Gasteiger partial charge is 0.0962 e. The van der Waals surface area contributed by atoms with Crippen LogP contribution in [0.2, 0.25) is 0 Å². The third-order valence-electron chi connectivity index (χ3n) is 4.67. The van der Waals surface area contributed by atoms with E-state index in [1.54, 1.807) is 0 Å². The van der Waals surface area contributed by atoms with Gasteiger partial charge in [-0.15, -0.1) is 11.3 Å². The molecule has 0 aromatic carbocycles. The second-order valence-electron chi connectivity index (χ2n) is 7.49. The van der Waals surface area contributed by atoms with Gasteiger partial charge in [-0.25, -0.2) is 4.98 Å². The summed E-state index contributed by atoms with van der Waals surface area (Å²) >= 11 is 1.97. The van der Waals surface area contributed by atoms with Gasteiger partial charge in [-0.2, -0.15) is 0 Å². The van der Waals surface area contributed by atoms with Crippen LogP contribution in [0.1, 0.15) is 88.2 Å². The van der Waals surface area contributed by atoms with Crippen LogP contribution in [0, 0.1) is 5.92 Å². The van der Waals surface area contributed by atoms with Crippen LogP contribution in [0.15, 0.2) is 0 Å². The zero-order chi connectivity index (χ0) is 15.5. The molecule has 0 aliphatic heterocycles. The van der Waals surface area contributed by atoms with Crippen molar-refractivity contribution in [1.82, 2.24) is 10.3 Å². The van der Waals surface area contributed by atoms with Crippen LogP contribution >= 0.6 is 11.3 Å². The van der Waals surface area contributed by atoms with Crippen molar-refractivity contribution in [3.8, 4) is 0 Å². The first kappa shape index (κ1) is 17.0. The Morgan fingerprint density at radius 3 is 2.62 bits per heavy atom. The number of nitrogens with zero attached hydrogens (tertiary/aromatic N) is 1. The van der Waals surface area contributed by atoms with E-state index in [4.69, 9.17) is 4.98 Å². The standard InChI is InChI=1S/C18H32N2S/c1-6-13-9-8-10-14(11-13)17-20-16(18(3,4)5)15(21-17)12-19-7-2/h13-14,19H,6-12H2,1-5H3. The summed E-state index contributed by atoms with van der Waals surface area (Å²) in [5.74, 6) is 1.63. The number of rotatable bonds is 5. The summed E-state index contributed by atoms with van der Waals surface area (Å²) in [6.07, 6.45) is 6.84. The van der Waals surface area contributed by atoms with Gasteiger partial charge in [-0.3, -0.25) is 0 Å². The minimum atomic E-state index is 0.151. The van der Waals surface area contributed by atoms with Crippen LogP contribution in [0.4, 0.5) is 0 Å². The fourth-order valence-electron chi connectivity index (χ4n) is 3.37. The Morgan fingerprint density at radius 2 is 2.00 bits per heavy atom. The summed E-state index contributed by atoms with van der Waals surface area (Å²) in [5.41, 5.74) is 1.47. The van der Waals surface area contributed by atoms with Gasteiger partial charge in [-0.05, 0) is 25.3 Å². The Balaban J connectivity index is 2.21. The third kappa shape index (κ3) is 4.29. The Hall–Kier alpha value is -0.410. The summed E-state index contributed by atoms with van der Waals surface area (Å²) in [6, 6.07) is 0. The quantitative estimate of drug-likeness (QED) is 0.805. The summed E-state index contributed by atoms with van der Waals surface area (Å²) < 4.78 is 0. The lowest BCUT2D eigenvalue weighted by molar-refractivity contribution is 0.313. The molecular formula is C18H32N2S. The van der Waals surface area contributed by atoms with Crippen LogP contribution < -0.4 is 5.32 Å². The molecule has 0 radical (unpaired) electrons. The predicted molar refractivity (Wildman–Crippen MR) is 93.2 cm³/mol. The predicted octanol–water partition coefficient (Wildman–Crippen LogP) is 5.23. The fraction of sp³-hybridized carbons (Fsp3) is 0.833. The molecule has 120 valence electrons. The molecule has 1 saturated carbocycles. The van der Waals surface area contributed by atoms with E-state index in [9.17, 15) is 0 Å². The van der Waals surface area contributed by atoms with Gasteiger partial charge in [0.15, 0.2) is 0 Å². The molecule has 1 aliphatic carbocycles. The average molecular weight is 309 g/mol. The zero-order valence-electron chi connectivity index (χ0n) is 14.5. The lowest BCUT2D eigenvalue weighted by Crippen LogP contribution is -2.18. The van der Waals surface area contributed by atoms with Crippen LogP contribution in [0.3, 0.4) is 0 Å². The average Bonchev–Trinajstić information content (AvgIpc) is 2.89. The lowest BCUT2D eigenvalue weighted by Gasteiger charge is -2.27. The summed E-state index contributed by atoms with van der Waals surface area (Å²) in [4.78, 5) is 6.56. The lowest BCUT2D eigenvalue weighted by atomic mass is 9.80. The van der Waals surface area contributed by atoms with Gasteiger partial charge in [0.1, 0.15) is 0 Å². The molecule has 1 aromatic rings. The molecule has 1 fully saturated rings. The Bertz CT molecular complexity index is 445. The first-order chi connectivity index (χ1) is 9.95. The molecule has 2 atom stereocenters. The largest absolute Gasteiger partial charge is 0.312 e. The molecule has 2 unspecified atom stereocenters. The second-order valence-corrected chi connectivity index (χ2v) is 8.61. The van der Waals surface area contributed by atoms with Crippen molar-refractivity contribution >= 4 is 11.3 Å². The monoisotopic (exact) mass is 308 g/mol. The van der Waals surface area contributed by atoms with E-state index in [1.165, 1.54) is 47.7 Å². The maximum absolute atomic E-state index is 5.11. The molecule has 0 spiro atoms. The first-order valence-electron chi connectivity index (χ1n) is 8.66. The molecule has 2 rings (SSSR count). The molecule has 0 saturated heterocycles. The third-order valence-corrected chi connectivity index (χ3v) is 5.89.